The molecule has 0 bridgehead atoms. The molecule has 1 fully saturated rings. The molecule has 1 aliphatic rings. The number of likely N-dealkylation sites (tertiary alicyclic amines) is 1. The predicted molar refractivity (Wildman–Crippen MR) is 45.5 cm³/mol. The van der Waals surface area contributed by atoms with Crippen LogP contribution in [0.5, 0.6) is 0 Å². The minimum absolute atomic E-state index is 0.685. The summed E-state index contributed by atoms with van der Waals surface area (Å²) in [5, 5.41) is 0. The van der Waals surface area contributed by atoms with E-state index in [1.54, 1.807) is 0 Å². The van der Waals surface area contributed by atoms with Crippen LogP contribution in [0.1, 0.15) is 26.7 Å². The Bertz CT molecular complexity index is 136. The zero-order valence-electron chi connectivity index (χ0n) is 7.42. The third-order valence-corrected chi connectivity index (χ3v) is 2.45. The van der Waals surface area contributed by atoms with Gasteiger partial charge in [-0.3, -0.25) is 4.90 Å². The fourth-order valence-electron chi connectivity index (χ4n) is 1.92. The van der Waals surface area contributed by atoms with Crippen molar-refractivity contribution in [3.8, 4) is 0 Å². The number of nitrogens with zero attached hydrogens (tertiary/aromatic N) is 1. The van der Waals surface area contributed by atoms with Crippen LogP contribution in [0, 0.1) is 5.92 Å². The molecule has 1 heterocycles. The van der Waals surface area contributed by atoms with Crippen LogP contribution in [0.3, 0.4) is 0 Å². The van der Waals surface area contributed by atoms with Gasteiger partial charge in [-0.2, -0.15) is 0 Å². The maximum Gasteiger partial charge on any atom is 0.121 e. The van der Waals surface area contributed by atoms with Crippen molar-refractivity contribution in [2.24, 2.45) is 5.92 Å². The molecule has 0 amide bonds. The second kappa shape index (κ2) is 3.86. The van der Waals surface area contributed by atoms with Gasteiger partial charge in [0.25, 0.3) is 0 Å². The van der Waals surface area contributed by atoms with Crippen LogP contribution in [-0.4, -0.2) is 30.3 Å². The van der Waals surface area contributed by atoms with Crippen LogP contribution in [0.4, 0.5) is 0 Å². The van der Waals surface area contributed by atoms with E-state index in [9.17, 15) is 4.79 Å². The van der Waals surface area contributed by atoms with E-state index in [0.717, 1.165) is 18.7 Å². The van der Waals surface area contributed by atoms with Crippen LogP contribution in [0.15, 0.2) is 0 Å². The van der Waals surface area contributed by atoms with Crippen LogP contribution >= 0.6 is 0 Å². The van der Waals surface area contributed by atoms with Crippen molar-refractivity contribution in [2.45, 2.75) is 32.7 Å². The van der Waals surface area contributed by atoms with Gasteiger partial charge in [0.2, 0.25) is 0 Å². The SMILES string of the molecule is CC1CC(C)N(CCC=O)C1. The van der Waals surface area contributed by atoms with Gasteiger partial charge in [-0.1, -0.05) is 6.92 Å². The highest BCUT2D eigenvalue weighted by Crippen LogP contribution is 2.21. The van der Waals surface area contributed by atoms with E-state index < -0.39 is 0 Å². The summed E-state index contributed by atoms with van der Waals surface area (Å²) in [5.74, 6) is 0.816. The second-order valence-electron chi connectivity index (χ2n) is 3.64. The molecule has 0 radical (unpaired) electrons. The smallest absolute Gasteiger partial charge is 0.121 e. The quantitative estimate of drug-likeness (QED) is 0.573. The van der Waals surface area contributed by atoms with Gasteiger partial charge in [0.15, 0.2) is 0 Å². The summed E-state index contributed by atoms with van der Waals surface area (Å²) in [6, 6.07) is 0.685. The average molecular weight is 155 g/mol. The minimum Gasteiger partial charge on any atom is -0.303 e. The summed E-state index contributed by atoms with van der Waals surface area (Å²) in [5.41, 5.74) is 0. The van der Waals surface area contributed by atoms with E-state index >= 15 is 0 Å². The van der Waals surface area contributed by atoms with Crippen molar-refractivity contribution < 1.29 is 4.79 Å². The largest absolute Gasteiger partial charge is 0.303 e. The predicted octanol–water partition coefficient (Wildman–Crippen LogP) is 1.31. The molecule has 11 heavy (non-hydrogen) atoms. The number of rotatable bonds is 3. The summed E-state index contributed by atoms with van der Waals surface area (Å²) < 4.78 is 0. The Hall–Kier alpha value is -0.370. The highest BCUT2D eigenvalue weighted by atomic mass is 16.1. The summed E-state index contributed by atoms with van der Waals surface area (Å²) in [6.07, 6.45) is 2.99. The van der Waals surface area contributed by atoms with Gasteiger partial charge >= 0.3 is 0 Å². The van der Waals surface area contributed by atoms with E-state index in [4.69, 9.17) is 0 Å². The summed E-state index contributed by atoms with van der Waals surface area (Å²) in [7, 11) is 0. The second-order valence-corrected chi connectivity index (χ2v) is 3.64. The van der Waals surface area contributed by atoms with Gasteiger partial charge < -0.3 is 4.79 Å². The maximum absolute atomic E-state index is 10.1. The number of hydrogen-bond donors (Lipinski definition) is 0. The lowest BCUT2D eigenvalue weighted by molar-refractivity contribution is -0.108. The monoisotopic (exact) mass is 155 g/mol. The zero-order valence-corrected chi connectivity index (χ0v) is 7.42. The molecule has 2 atom stereocenters. The van der Waals surface area contributed by atoms with E-state index in [-0.39, 0.29) is 0 Å². The number of carbonyl (C=O) groups excluding carboxylic acids is 1. The highest BCUT2D eigenvalue weighted by Gasteiger charge is 2.24. The Kier molecular flexibility index (Phi) is 3.06. The lowest BCUT2D eigenvalue weighted by Gasteiger charge is -2.19. The maximum atomic E-state index is 10.1. The van der Waals surface area contributed by atoms with Crippen molar-refractivity contribution in [3.63, 3.8) is 0 Å². The Morgan fingerprint density at radius 3 is 2.73 bits per heavy atom. The molecule has 0 N–H and O–H groups in total. The molecule has 0 aromatic heterocycles. The molecule has 2 unspecified atom stereocenters. The first kappa shape index (κ1) is 8.72. The molecule has 0 aliphatic carbocycles. The standard InChI is InChI=1S/C9H17NO/c1-8-6-9(2)10(7-8)4-3-5-11/h5,8-9H,3-4,6-7H2,1-2H3. The molecule has 0 saturated carbocycles. The van der Waals surface area contributed by atoms with Gasteiger partial charge in [-0.05, 0) is 19.3 Å². The van der Waals surface area contributed by atoms with Gasteiger partial charge in [0, 0.05) is 25.6 Å². The number of hydrogen-bond acceptors (Lipinski definition) is 2. The zero-order chi connectivity index (χ0) is 8.27. The molecule has 2 heteroatoms. The average Bonchev–Trinajstić information content (AvgIpc) is 2.26. The van der Waals surface area contributed by atoms with Crippen LogP contribution in [0.2, 0.25) is 0 Å². The molecule has 0 aromatic rings. The molecule has 64 valence electrons. The lowest BCUT2D eigenvalue weighted by Crippen LogP contribution is -2.28. The molecule has 1 rings (SSSR count). The van der Waals surface area contributed by atoms with Crippen LogP contribution in [0.25, 0.3) is 0 Å². The van der Waals surface area contributed by atoms with E-state index in [2.05, 4.69) is 18.7 Å². The summed E-state index contributed by atoms with van der Waals surface area (Å²) in [6.45, 7) is 6.65. The fraction of sp³-hybridized carbons (Fsp3) is 0.889. The number of carbonyl (C=O) groups is 1. The van der Waals surface area contributed by atoms with Gasteiger partial charge in [0.05, 0.1) is 0 Å². The summed E-state index contributed by atoms with van der Waals surface area (Å²) in [4.78, 5) is 12.5. The normalized spacial score (nSPS) is 32.5. The highest BCUT2D eigenvalue weighted by molar-refractivity contribution is 5.49. The van der Waals surface area contributed by atoms with Crippen LogP contribution < -0.4 is 0 Å². The molecule has 2 nitrogen and oxygen atoms in total. The summed E-state index contributed by atoms with van der Waals surface area (Å²) >= 11 is 0. The fourth-order valence-corrected chi connectivity index (χ4v) is 1.92. The van der Waals surface area contributed by atoms with Gasteiger partial charge in [0.1, 0.15) is 6.29 Å². The molecular weight excluding hydrogens is 138 g/mol. The van der Waals surface area contributed by atoms with Crippen LogP contribution in [-0.2, 0) is 4.79 Å². The van der Waals surface area contributed by atoms with Crippen molar-refractivity contribution in [3.05, 3.63) is 0 Å². The first-order valence-electron chi connectivity index (χ1n) is 4.41. The first-order chi connectivity index (χ1) is 5.24. The molecule has 1 aliphatic heterocycles. The third-order valence-electron chi connectivity index (χ3n) is 2.45. The minimum atomic E-state index is 0.685. The Morgan fingerprint density at radius 2 is 2.27 bits per heavy atom. The van der Waals surface area contributed by atoms with E-state index in [1.807, 2.05) is 0 Å². The van der Waals surface area contributed by atoms with Gasteiger partial charge in [-0.15, -0.1) is 0 Å². The van der Waals surface area contributed by atoms with Crippen molar-refractivity contribution >= 4 is 6.29 Å². The van der Waals surface area contributed by atoms with Crippen molar-refractivity contribution in [1.29, 1.82) is 0 Å². The molecule has 0 aromatic carbocycles. The van der Waals surface area contributed by atoms with E-state index in [0.29, 0.717) is 12.5 Å². The van der Waals surface area contributed by atoms with Gasteiger partial charge in [-0.25, -0.2) is 0 Å². The molecule has 0 spiro atoms. The Labute approximate surface area is 68.6 Å². The first-order valence-corrected chi connectivity index (χ1v) is 4.41. The van der Waals surface area contributed by atoms with Crippen molar-refractivity contribution in [2.75, 3.05) is 13.1 Å². The Balaban J connectivity index is 2.28. The van der Waals surface area contributed by atoms with E-state index in [1.165, 1.54) is 13.0 Å². The number of aldehydes is 1. The molecular formula is C9H17NO. The lowest BCUT2D eigenvalue weighted by atomic mass is 10.1. The Morgan fingerprint density at radius 1 is 1.55 bits per heavy atom. The third kappa shape index (κ3) is 2.29. The molecule has 1 saturated heterocycles. The topological polar surface area (TPSA) is 20.3 Å². The van der Waals surface area contributed by atoms with Crippen molar-refractivity contribution in [1.82, 2.24) is 4.90 Å².